The molecule has 1 atom stereocenters. The molecule has 1 saturated heterocycles. The number of rotatable bonds is 1. The largest absolute Gasteiger partial charge is 0.381 e. The van der Waals surface area contributed by atoms with E-state index in [4.69, 9.17) is 4.74 Å². The number of benzene rings is 1. The normalized spacial score (nSPS) is 22.9. The van der Waals surface area contributed by atoms with Gasteiger partial charge in [-0.2, -0.15) is 0 Å². The van der Waals surface area contributed by atoms with E-state index in [1.807, 2.05) is 0 Å². The predicted molar refractivity (Wildman–Crippen MR) is 52.3 cm³/mol. The Hall–Kier alpha value is -0.340. The summed E-state index contributed by atoms with van der Waals surface area (Å²) in [7, 11) is 0. The van der Waals surface area contributed by atoms with Crippen molar-refractivity contribution in [2.24, 2.45) is 0 Å². The van der Waals surface area contributed by atoms with Gasteiger partial charge in [0.1, 0.15) is 0 Å². The minimum absolute atomic E-state index is 0.623. The van der Waals surface area contributed by atoms with Crippen molar-refractivity contribution in [1.82, 2.24) is 0 Å². The molecule has 2 rings (SSSR count). The Labute approximate surface area is 80.9 Å². The third-order valence-corrected chi connectivity index (χ3v) is 2.80. The highest BCUT2D eigenvalue weighted by molar-refractivity contribution is 9.10. The summed E-state index contributed by atoms with van der Waals surface area (Å²) in [6.07, 6.45) is 1.17. The first-order valence-electron chi connectivity index (χ1n) is 4.19. The van der Waals surface area contributed by atoms with Crippen LogP contribution in [-0.2, 0) is 4.74 Å². The van der Waals surface area contributed by atoms with Gasteiger partial charge in [-0.15, -0.1) is 0 Å². The SMILES string of the molecule is Brc1ccc([C@@H]2CCOC2)cc1. The van der Waals surface area contributed by atoms with Crippen LogP contribution in [0.3, 0.4) is 0 Å². The lowest BCUT2D eigenvalue weighted by atomic mass is 9.99. The molecule has 2 heteroatoms. The van der Waals surface area contributed by atoms with Gasteiger partial charge in [0.05, 0.1) is 6.61 Å². The number of halogens is 1. The monoisotopic (exact) mass is 226 g/mol. The van der Waals surface area contributed by atoms with Crippen LogP contribution in [0.5, 0.6) is 0 Å². The third kappa shape index (κ3) is 1.70. The van der Waals surface area contributed by atoms with Crippen molar-refractivity contribution in [1.29, 1.82) is 0 Å². The lowest BCUT2D eigenvalue weighted by molar-refractivity contribution is 0.194. The highest BCUT2D eigenvalue weighted by Gasteiger charge is 2.16. The maximum Gasteiger partial charge on any atom is 0.0535 e. The minimum Gasteiger partial charge on any atom is -0.381 e. The summed E-state index contributed by atoms with van der Waals surface area (Å²) >= 11 is 3.42. The Morgan fingerprint density at radius 3 is 2.58 bits per heavy atom. The molecule has 0 aliphatic carbocycles. The molecule has 1 aliphatic rings. The van der Waals surface area contributed by atoms with Crippen molar-refractivity contribution < 1.29 is 4.74 Å². The van der Waals surface area contributed by atoms with Gasteiger partial charge in [0, 0.05) is 17.0 Å². The fraction of sp³-hybridized carbons (Fsp3) is 0.400. The van der Waals surface area contributed by atoms with Gasteiger partial charge in [-0.25, -0.2) is 0 Å². The van der Waals surface area contributed by atoms with Crippen molar-refractivity contribution in [3.8, 4) is 0 Å². The Morgan fingerprint density at radius 1 is 1.25 bits per heavy atom. The van der Waals surface area contributed by atoms with Gasteiger partial charge in [-0.05, 0) is 24.1 Å². The second-order valence-corrected chi connectivity index (χ2v) is 4.03. The maximum absolute atomic E-state index is 5.33. The van der Waals surface area contributed by atoms with E-state index in [2.05, 4.69) is 40.2 Å². The van der Waals surface area contributed by atoms with E-state index in [0.29, 0.717) is 5.92 Å². The van der Waals surface area contributed by atoms with E-state index >= 15 is 0 Å². The molecule has 0 amide bonds. The van der Waals surface area contributed by atoms with Crippen molar-refractivity contribution >= 4 is 15.9 Å². The quantitative estimate of drug-likeness (QED) is 0.716. The first kappa shape index (κ1) is 8.27. The van der Waals surface area contributed by atoms with Crippen LogP contribution < -0.4 is 0 Å². The van der Waals surface area contributed by atoms with Crippen LogP contribution in [-0.4, -0.2) is 13.2 Å². The zero-order valence-corrected chi connectivity index (χ0v) is 8.38. The molecular formula is C10H11BrO. The molecule has 0 saturated carbocycles. The van der Waals surface area contributed by atoms with Gasteiger partial charge in [-0.3, -0.25) is 0 Å². The molecule has 0 spiro atoms. The van der Waals surface area contributed by atoms with E-state index in [-0.39, 0.29) is 0 Å². The van der Waals surface area contributed by atoms with Gasteiger partial charge in [0.2, 0.25) is 0 Å². The molecule has 1 nitrogen and oxygen atoms in total. The first-order chi connectivity index (χ1) is 5.86. The molecule has 0 radical (unpaired) electrons. The molecule has 1 aromatic rings. The van der Waals surface area contributed by atoms with Crippen LogP contribution in [0.2, 0.25) is 0 Å². The van der Waals surface area contributed by atoms with Gasteiger partial charge >= 0.3 is 0 Å². The lowest BCUT2D eigenvalue weighted by Gasteiger charge is -2.06. The molecule has 0 bridgehead atoms. The van der Waals surface area contributed by atoms with E-state index in [1.54, 1.807) is 0 Å². The topological polar surface area (TPSA) is 9.23 Å². The van der Waals surface area contributed by atoms with Crippen molar-refractivity contribution in [3.63, 3.8) is 0 Å². The van der Waals surface area contributed by atoms with Crippen LogP contribution in [0.15, 0.2) is 28.7 Å². The van der Waals surface area contributed by atoms with Crippen molar-refractivity contribution in [2.45, 2.75) is 12.3 Å². The van der Waals surface area contributed by atoms with Gasteiger partial charge in [0.25, 0.3) is 0 Å². The van der Waals surface area contributed by atoms with E-state index in [0.717, 1.165) is 17.7 Å². The highest BCUT2D eigenvalue weighted by Crippen LogP contribution is 2.25. The second-order valence-electron chi connectivity index (χ2n) is 3.11. The van der Waals surface area contributed by atoms with E-state index in [1.165, 1.54) is 12.0 Å². The standard InChI is InChI=1S/C10H11BrO/c11-10-3-1-8(2-4-10)9-5-6-12-7-9/h1-4,9H,5-7H2/t9-/m1/s1. The molecule has 64 valence electrons. The Kier molecular flexibility index (Phi) is 2.47. The average molecular weight is 227 g/mol. The number of hydrogen-bond donors (Lipinski definition) is 0. The zero-order chi connectivity index (χ0) is 8.39. The Morgan fingerprint density at radius 2 is 2.00 bits per heavy atom. The van der Waals surface area contributed by atoms with Crippen LogP contribution >= 0.6 is 15.9 Å². The van der Waals surface area contributed by atoms with Gasteiger partial charge in [0.15, 0.2) is 0 Å². The van der Waals surface area contributed by atoms with Crippen molar-refractivity contribution in [2.75, 3.05) is 13.2 Å². The molecule has 0 unspecified atom stereocenters. The summed E-state index contributed by atoms with van der Waals surface area (Å²) in [5, 5.41) is 0. The fourth-order valence-electron chi connectivity index (χ4n) is 1.53. The number of hydrogen-bond acceptors (Lipinski definition) is 1. The molecule has 1 heterocycles. The van der Waals surface area contributed by atoms with Crippen LogP contribution in [0, 0.1) is 0 Å². The smallest absolute Gasteiger partial charge is 0.0535 e. The molecule has 0 N–H and O–H groups in total. The minimum atomic E-state index is 0.623. The second kappa shape index (κ2) is 3.58. The third-order valence-electron chi connectivity index (χ3n) is 2.27. The van der Waals surface area contributed by atoms with Crippen LogP contribution in [0.25, 0.3) is 0 Å². The highest BCUT2D eigenvalue weighted by atomic mass is 79.9. The zero-order valence-electron chi connectivity index (χ0n) is 6.79. The molecule has 12 heavy (non-hydrogen) atoms. The Balaban J connectivity index is 2.17. The molecule has 1 aliphatic heterocycles. The summed E-state index contributed by atoms with van der Waals surface area (Å²) in [5.74, 6) is 0.623. The first-order valence-corrected chi connectivity index (χ1v) is 4.99. The lowest BCUT2D eigenvalue weighted by Crippen LogP contribution is -1.96. The molecule has 1 aromatic carbocycles. The van der Waals surface area contributed by atoms with Gasteiger partial charge in [-0.1, -0.05) is 28.1 Å². The van der Waals surface area contributed by atoms with Gasteiger partial charge < -0.3 is 4.74 Å². The van der Waals surface area contributed by atoms with E-state index in [9.17, 15) is 0 Å². The molecule has 0 aromatic heterocycles. The average Bonchev–Trinajstić information content (AvgIpc) is 2.58. The molecule has 1 fully saturated rings. The molecular weight excluding hydrogens is 216 g/mol. The summed E-state index contributed by atoms with van der Waals surface area (Å²) in [4.78, 5) is 0. The predicted octanol–water partition coefficient (Wildman–Crippen LogP) is 2.95. The summed E-state index contributed by atoms with van der Waals surface area (Å²) in [6, 6.07) is 8.52. The Bertz CT molecular complexity index is 249. The van der Waals surface area contributed by atoms with E-state index < -0.39 is 0 Å². The van der Waals surface area contributed by atoms with Crippen molar-refractivity contribution in [3.05, 3.63) is 34.3 Å². The van der Waals surface area contributed by atoms with Crippen LogP contribution in [0.1, 0.15) is 17.9 Å². The summed E-state index contributed by atoms with van der Waals surface area (Å²) < 4.78 is 6.47. The fourth-order valence-corrected chi connectivity index (χ4v) is 1.80. The summed E-state index contributed by atoms with van der Waals surface area (Å²) in [5.41, 5.74) is 1.40. The maximum atomic E-state index is 5.33. The summed E-state index contributed by atoms with van der Waals surface area (Å²) in [6.45, 7) is 1.81. The number of ether oxygens (including phenoxy) is 1. The van der Waals surface area contributed by atoms with Crippen LogP contribution in [0.4, 0.5) is 0 Å².